The van der Waals surface area contributed by atoms with E-state index in [1.165, 1.54) is 0 Å². The molecule has 1 atom stereocenters. The summed E-state index contributed by atoms with van der Waals surface area (Å²) in [5, 5.41) is 24.4. The molecule has 0 heterocycles. The number of aromatic carboxylic acids is 1. The molecular formula is C16H24O7. The monoisotopic (exact) mass is 328 g/mol. The van der Waals surface area contributed by atoms with Crippen LogP contribution in [-0.2, 0) is 14.3 Å². The van der Waals surface area contributed by atoms with Crippen LogP contribution < -0.4 is 0 Å². The van der Waals surface area contributed by atoms with E-state index in [0.717, 1.165) is 12.8 Å². The summed E-state index contributed by atoms with van der Waals surface area (Å²) in [6.45, 7) is 3.82. The van der Waals surface area contributed by atoms with Crippen molar-refractivity contribution in [3.05, 3.63) is 35.9 Å². The number of ether oxygens (including phenoxy) is 1. The molecule has 0 spiro atoms. The van der Waals surface area contributed by atoms with Gasteiger partial charge in [-0.2, -0.15) is 0 Å². The molecule has 1 rings (SSSR count). The molecule has 0 aliphatic carbocycles. The van der Waals surface area contributed by atoms with Gasteiger partial charge in [-0.25, -0.2) is 9.59 Å². The van der Waals surface area contributed by atoms with Gasteiger partial charge in [-0.3, -0.25) is 4.79 Å². The number of esters is 1. The van der Waals surface area contributed by atoms with Gasteiger partial charge in [0.1, 0.15) is 0 Å². The number of carboxylic acid groups (broad SMARTS) is 2. The Hall–Kier alpha value is -2.41. The van der Waals surface area contributed by atoms with Crippen molar-refractivity contribution in [1.29, 1.82) is 0 Å². The Bertz CT molecular complexity index is 431. The fraction of sp³-hybridized carbons (Fsp3) is 0.438. The van der Waals surface area contributed by atoms with Gasteiger partial charge in [-0.15, -0.1) is 0 Å². The molecule has 7 heteroatoms. The predicted molar refractivity (Wildman–Crippen MR) is 84.3 cm³/mol. The summed E-state index contributed by atoms with van der Waals surface area (Å²) in [6, 6.07) is 8.30. The Kier molecular flexibility index (Phi) is 15.9. The maximum absolute atomic E-state index is 10.8. The van der Waals surface area contributed by atoms with Gasteiger partial charge in [0.05, 0.1) is 12.2 Å². The van der Waals surface area contributed by atoms with Crippen LogP contribution in [0.4, 0.5) is 0 Å². The average molecular weight is 328 g/mol. The maximum atomic E-state index is 10.8. The lowest BCUT2D eigenvalue weighted by molar-refractivity contribution is -0.153. The van der Waals surface area contributed by atoms with Gasteiger partial charge in [0.2, 0.25) is 0 Å². The minimum Gasteiger partial charge on any atom is -0.483 e. The van der Waals surface area contributed by atoms with Crippen molar-refractivity contribution in [2.45, 2.75) is 39.2 Å². The first-order valence-electron chi connectivity index (χ1n) is 7.15. The molecule has 3 N–H and O–H groups in total. The van der Waals surface area contributed by atoms with Gasteiger partial charge in [0, 0.05) is 0 Å². The van der Waals surface area contributed by atoms with E-state index < -0.39 is 18.0 Å². The normalized spacial score (nSPS) is 10.0. The van der Waals surface area contributed by atoms with Gasteiger partial charge < -0.3 is 20.1 Å². The van der Waals surface area contributed by atoms with Gasteiger partial charge in [-0.05, 0) is 25.5 Å². The van der Waals surface area contributed by atoms with Crippen molar-refractivity contribution in [1.82, 2.24) is 0 Å². The Morgan fingerprint density at radius 2 is 1.74 bits per heavy atom. The molecule has 0 fully saturated rings. The average Bonchev–Trinajstić information content (AvgIpc) is 2.55. The van der Waals surface area contributed by atoms with Crippen molar-refractivity contribution < 1.29 is 34.4 Å². The van der Waals surface area contributed by atoms with E-state index in [4.69, 9.17) is 20.1 Å². The Morgan fingerprint density at radius 3 is 2.09 bits per heavy atom. The van der Waals surface area contributed by atoms with Crippen LogP contribution in [0.3, 0.4) is 0 Å². The van der Waals surface area contributed by atoms with Gasteiger partial charge in [0.25, 0.3) is 6.47 Å². The second kappa shape index (κ2) is 16.0. The minimum absolute atomic E-state index is 0.250. The summed E-state index contributed by atoms with van der Waals surface area (Å²) >= 11 is 0. The van der Waals surface area contributed by atoms with Crippen LogP contribution in [-0.4, -0.2) is 46.4 Å². The van der Waals surface area contributed by atoms with Gasteiger partial charge in [-0.1, -0.05) is 38.0 Å². The second-order valence-corrected chi connectivity index (χ2v) is 4.19. The predicted octanol–water partition coefficient (Wildman–Crippen LogP) is 2.19. The third-order valence-corrected chi connectivity index (χ3v) is 2.41. The summed E-state index contributed by atoms with van der Waals surface area (Å²) in [5.41, 5.74) is 0.331. The number of carbonyl (C=O) groups excluding carboxylic acids is 1. The molecule has 0 saturated carbocycles. The van der Waals surface area contributed by atoms with Crippen LogP contribution in [0.1, 0.15) is 43.5 Å². The zero-order valence-electron chi connectivity index (χ0n) is 13.3. The lowest BCUT2D eigenvalue weighted by Crippen LogP contribution is -2.22. The molecule has 130 valence electrons. The SMILES string of the molecule is CCCCC(O)C(=O)OCC.O=C(O)c1ccccc1.O=CO. The Morgan fingerprint density at radius 1 is 1.22 bits per heavy atom. The van der Waals surface area contributed by atoms with Crippen molar-refractivity contribution in [3.8, 4) is 0 Å². The van der Waals surface area contributed by atoms with Crippen molar-refractivity contribution in [3.63, 3.8) is 0 Å². The van der Waals surface area contributed by atoms with E-state index in [9.17, 15) is 9.59 Å². The van der Waals surface area contributed by atoms with Crippen LogP contribution in [0.15, 0.2) is 30.3 Å². The lowest BCUT2D eigenvalue weighted by Gasteiger charge is -2.07. The molecule has 1 unspecified atom stereocenters. The number of carbonyl (C=O) groups is 3. The van der Waals surface area contributed by atoms with Crippen LogP contribution >= 0.6 is 0 Å². The van der Waals surface area contributed by atoms with Crippen LogP contribution in [0.25, 0.3) is 0 Å². The highest BCUT2D eigenvalue weighted by Gasteiger charge is 2.14. The molecule has 1 aromatic carbocycles. The molecule has 23 heavy (non-hydrogen) atoms. The zero-order valence-corrected chi connectivity index (χ0v) is 13.3. The van der Waals surface area contributed by atoms with Gasteiger partial charge >= 0.3 is 11.9 Å². The Labute approximate surface area is 135 Å². The third-order valence-electron chi connectivity index (χ3n) is 2.41. The quantitative estimate of drug-likeness (QED) is 0.540. The molecule has 0 aromatic heterocycles. The van der Waals surface area contributed by atoms with E-state index in [2.05, 4.69) is 4.74 Å². The summed E-state index contributed by atoms with van der Waals surface area (Å²) in [7, 11) is 0. The highest BCUT2D eigenvalue weighted by atomic mass is 16.5. The first-order chi connectivity index (χ1) is 10.9. The summed E-state index contributed by atoms with van der Waals surface area (Å²) in [6.07, 6.45) is 1.43. The van der Waals surface area contributed by atoms with E-state index in [-0.39, 0.29) is 6.47 Å². The number of carboxylic acids is 1. The van der Waals surface area contributed by atoms with E-state index in [0.29, 0.717) is 18.6 Å². The van der Waals surface area contributed by atoms with Crippen molar-refractivity contribution in [2.24, 2.45) is 0 Å². The highest BCUT2D eigenvalue weighted by molar-refractivity contribution is 5.87. The standard InChI is InChI=1S/C8H16O3.C7H6O2.CH2O2/c1-3-5-6-7(9)8(10)11-4-2;8-7(9)6-4-2-1-3-5-6;2-1-3/h7,9H,3-6H2,1-2H3;1-5H,(H,8,9);1H,(H,2,3). The zero-order chi connectivity index (χ0) is 18.1. The number of rotatable bonds is 6. The first-order valence-corrected chi connectivity index (χ1v) is 7.15. The summed E-state index contributed by atoms with van der Waals surface area (Å²) in [5.74, 6) is -1.38. The number of aliphatic hydroxyl groups excluding tert-OH is 1. The van der Waals surface area contributed by atoms with Gasteiger partial charge in [0.15, 0.2) is 6.10 Å². The maximum Gasteiger partial charge on any atom is 0.335 e. The molecular weight excluding hydrogens is 304 g/mol. The number of aliphatic hydroxyl groups is 1. The number of benzene rings is 1. The fourth-order valence-corrected chi connectivity index (χ4v) is 1.33. The molecule has 0 radical (unpaired) electrons. The molecule has 0 amide bonds. The first kappa shape index (κ1) is 22.9. The molecule has 0 bridgehead atoms. The van der Waals surface area contributed by atoms with Crippen LogP contribution in [0.5, 0.6) is 0 Å². The van der Waals surface area contributed by atoms with E-state index in [1.54, 1.807) is 37.3 Å². The molecule has 1 aromatic rings. The van der Waals surface area contributed by atoms with Crippen LogP contribution in [0.2, 0.25) is 0 Å². The topological polar surface area (TPSA) is 121 Å². The van der Waals surface area contributed by atoms with E-state index >= 15 is 0 Å². The highest BCUT2D eigenvalue weighted by Crippen LogP contribution is 2.01. The number of hydrogen-bond donors (Lipinski definition) is 3. The van der Waals surface area contributed by atoms with Crippen LogP contribution in [0, 0.1) is 0 Å². The molecule has 0 saturated heterocycles. The van der Waals surface area contributed by atoms with Crippen molar-refractivity contribution in [2.75, 3.05) is 6.61 Å². The largest absolute Gasteiger partial charge is 0.483 e. The third kappa shape index (κ3) is 14.3. The molecule has 0 aliphatic heterocycles. The number of unbranched alkanes of at least 4 members (excludes halogenated alkanes) is 1. The summed E-state index contributed by atoms with van der Waals surface area (Å²) < 4.78 is 4.61. The van der Waals surface area contributed by atoms with E-state index in [1.807, 2.05) is 6.92 Å². The second-order valence-electron chi connectivity index (χ2n) is 4.19. The molecule has 7 nitrogen and oxygen atoms in total. The lowest BCUT2D eigenvalue weighted by atomic mass is 10.2. The molecule has 0 aliphatic rings. The van der Waals surface area contributed by atoms with Crippen molar-refractivity contribution >= 4 is 18.4 Å². The number of hydrogen-bond acceptors (Lipinski definition) is 5. The fourth-order valence-electron chi connectivity index (χ4n) is 1.33. The summed E-state index contributed by atoms with van der Waals surface area (Å²) in [4.78, 5) is 29.3. The minimum atomic E-state index is -0.921. The Balaban J connectivity index is 0. The smallest absolute Gasteiger partial charge is 0.335 e.